The summed E-state index contributed by atoms with van der Waals surface area (Å²) in [5.74, 6) is 0.137. The number of carbonyl (C=O) groups excluding carboxylic acids is 1. The van der Waals surface area contributed by atoms with Gasteiger partial charge in [0.25, 0.3) is 0 Å². The van der Waals surface area contributed by atoms with Crippen molar-refractivity contribution in [1.82, 2.24) is 4.90 Å². The van der Waals surface area contributed by atoms with Crippen LogP contribution in [0.5, 0.6) is 0 Å². The van der Waals surface area contributed by atoms with Gasteiger partial charge >= 0.3 is 6.09 Å². The van der Waals surface area contributed by atoms with E-state index in [1.165, 1.54) is 4.90 Å². The smallest absolute Gasteiger partial charge is 0.408 e. The molecule has 5 heteroatoms. The Labute approximate surface area is 125 Å². The SMILES string of the molecule is CC(C)(C)N(Cc1cccc(N2CCCC2=O)c1)C(=O)O. The molecule has 1 saturated heterocycles. The van der Waals surface area contributed by atoms with E-state index in [1.807, 2.05) is 45.0 Å². The lowest BCUT2D eigenvalue weighted by atomic mass is 10.0. The Morgan fingerprint density at radius 2 is 2.10 bits per heavy atom. The minimum Gasteiger partial charge on any atom is -0.465 e. The predicted octanol–water partition coefficient (Wildman–Crippen LogP) is 3.09. The maximum absolute atomic E-state index is 11.8. The summed E-state index contributed by atoms with van der Waals surface area (Å²) in [6, 6.07) is 7.57. The molecular weight excluding hydrogens is 268 g/mol. The van der Waals surface area contributed by atoms with Crippen LogP contribution < -0.4 is 4.90 Å². The number of hydrogen-bond donors (Lipinski definition) is 1. The second kappa shape index (κ2) is 5.76. The second-order valence-corrected chi connectivity index (χ2v) is 6.36. The molecule has 114 valence electrons. The van der Waals surface area contributed by atoms with E-state index in [0.717, 1.165) is 24.2 Å². The van der Waals surface area contributed by atoms with Gasteiger partial charge in [-0.25, -0.2) is 4.79 Å². The van der Waals surface area contributed by atoms with Crippen LogP contribution in [0, 0.1) is 0 Å². The summed E-state index contributed by atoms with van der Waals surface area (Å²) in [5, 5.41) is 9.35. The molecule has 0 spiro atoms. The first-order chi connectivity index (χ1) is 9.79. The quantitative estimate of drug-likeness (QED) is 0.930. The maximum Gasteiger partial charge on any atom is 0.408 e. The third-order valence-corrected chi connectivity index (χ3v) is 3.68. The molecule has 5 nitrogen and oxygen atoms in total. The van der Waals surface area contributed by atoms with Crippen LogP contribution in [0.1, 0.15) is 39.2 Å². The summed E-state index contributed by atoms with van der Waals surface area (Å²) in [5.41, 5.74) is 1.28. The Morgan fingerprint density at radius 3 is 2.62 bits per heavy atom. The molecule has 1 aromatic carbocycles. The Hall–Kier alpha value is -2.04. The number of nitrogens with zero attached hydrogens (tertiary/aromatic N) is 2. The van der Waals surface area contributed by atoms with Crippen LogP contribution in [-0.2, 0) is 11.3 Å². The molecule has 0 saturated carbocycles. The van der Waals surface area contributed by atoms with Gasteiger partial charge in [-0.2, -0.15) is 0 Å². The van der Waals surface area contributed by atoms with Gasteiger partial charge in [0.1, 0.15) is 0 Å². The van der Waals surface area contributed by atoms with Gasteiger partial charge in [0.2, 0.25) is 5.91 Å². The van der Waals surface area contributed by atoms with Crippen molar-refractivity contribution in [3.05, 3.63) is 29.8 Å². The highest BCUT2D eigenvalue weighted by Gasteiger charge is 2.27. The van der Waals surface area contributed by atoms with Gasteiger partial charge in [0, 0.05) is 30.7 Å². The lowest BCUT2D eigenvalue weighted by Crippen LogP contribution is -2.44. The van der Waals surface area contributed by atoms with Gasteiger partial charge in [-0.3, -0.25) is 9.69 Å². The monoisotopic (exact) mass is 290 g/mol. The number of carbonyl (C=O) groups is 2. The van der Waals surface area contributed by atoms with Crippen LogP contribution in [0.2, 0.25) is 0 Å². The highest BCUT2D eigenvalue weighted by atomic mass is 16.4. The molecule has 21 heavy (non-hydrogen) atoms. The van der Waals surface area contributed by atoms with E-state index in [2.05, 4.69) is 0 Å². The molecule has 1 fully saturated rings. The highest BCUT2D eigenvalue weighted by Crippen LogP contribution is 2.24. The molecule has 0 aliphatic carbocycles. The Kier molecular flexibility index (Phi) is 4.21. The zero-order chi connectivity index (χ0) is 15.6. The summed E-state index contributed by atoms with van der Waals surface area (Å²) < 4.78 is 0. The molecule has 0 bridgehead atoms. The molecular formula is C16H22N2O3. The van der Waals surface area contributed by atoms with Crippen molar-refractivity contribution in [2.24, 2.45) is 0 Å². The van der Waals surface area contributed by atoms with Crippen LogP contribution in [0.3, 0.4) is 0 Å². The Balaban J connectivity index is 2.21. The van der Waals surface area contributed by atoms with Crippen molar-refractivity contribution in [2.75, 3.05) is 11.4 Å². The van der Waals surface area contributed by atoms with Crippen LogP contribution in [-0.4, -0.2) is 34.1 Å². The van der Waals surface area contributed by atoms with Crippen LogP contribution in [0.4, 0.5) is 10.5 Å². The number of carboxylic acid groups (broad SMARTS) is 1. The van der Waals surface area contributed by atoms with E-state index < -0.39 is 11.6 Å². The molecule has 2 rings (SSSR count). The predicted molar refractivity (Wildman–Crippen MR) is 81.3 cm³/mol. The molecule has 1 heterocycles. The average molecular weight is 290 g/mol. The minimum absolute atomic E-state index is 0.137. The maximum atomic E-state index is 11.8. The molecule has 1 N–H and O–H groups in total. The van der Waals surface area contributed by atoms with Crippen molar-refractivity contribution in [1.29, 1.82) is 0 Å². The number of amides is 2. The van der Waals surface area contributed by atoms with E-state index >= 15 is 0 Å². The van der Waals surface area contributed by atoms with E-state index in [1.54, 1.807) is 4.90 Å². The van der Waals surface area contributed by atoms with Gasteiger partial charge in [-0.05, 0) is 44.9 Å². The zero-order valence-electron chi connectivity index (χ0n) is 12.8. The third kappa shape index (κ3) is 3.54. The average Bonchev–Trinajstić information content (AvgIpc) is 2.81. The Bertz CT molecular complexity index is 549. The number of anilines is 1. The fourth-order valence-electron chi connectivity index (χ4n) is 2.52. The van der Waals surface area contributed by atoms with Gasteiger partial charge in [0.05, 0.1) is 0 Å². The minimum atomic E-state index is -0.940. The number of benzene rings is 1. The first-order valence-corrected chi connectivity index (χ1v) is 7.19. The van der Waals surface area contributed by atoms with Crippen LogP contribution in [0.15, 0.2) is 24.3 Å². The number of hydrogen-bond acceptors (Lipinski definition) is 2. The summed E-state index contributed by atoms with van der Waals surface area (Å²) in [4.78, 5) is 26.4. The normalized spacial score (nSPS) is 15.4. The summed E-state index contributed by atoms with van der Waals surface area (Å²) in [6.45, 7) is 6.66. The van der Waals surface area contributed by atoms with Gasteiger partial charge < -0.3 is 10.0 Å². The van der Waals surface area contributed by atoms with Crippen molar-refractivity contribution in [3.8, 4) is 0 Å². The first-order valence-electron chi connectivity index (χ1n) is 7.19. The van der Waals surface area contributed by atoms with Crippen molar-refractivity contribution >= 4 is 17.7 Å². The topological polar surface area (TPSA) is 60.9 Å². The Morgan fingerprint density at radius 1 is 1.38 bits per heavy atom. The fourth-order valence-corrected chi connectivity index (χ4v) is 2.52. The van der Waals surface area contributed by atoms with Gasteiger partial charge in [-0.1, -0.05) is 12.1 Å². The molecule has 2 amide bonds. The third-order valence-electron chi connectivity index (χ3n) is 3.68. The van der Waals surface area contributed by atoms with Crippen molar-refractivity contribution in [2.45, 2.75) is 45.7 Å². The summed E-state index contributed by atoms with van der Waals surface area (Å²) in [6.07, 6.45) is 0.532. The summed E-state index contributed by atoms with van der Waals surface area (Å²) >= 11 is 0. The van der Waals surface area contributed by atoms with E-state index in [0.29, 0.717) is 13.0 Å². The number of rotatable bonds is 3. The van der Waals surface area contributed by atoms with Crippen LogP contribution in [0.25, 0.3) is 0 Å². The lowest BCUT2D eigenvalue weighted by molar-refractivity contribution is -0.117. The molecule has 0 atom stereocenters. The molecule has 1 aliphatic rings. The standard InChI is InChI=1S/C16H22N2O3/c1-16(2,3)18(15(20)21)11-12-6-4-7-13(10-12)17-9-5-8-14(17)19/h4,6-7,10H,5,8-9,11H2,1-3H3,(H,20,21). The van der Waals surface area contributed by atoms with E-state index in [4.69, 9.17) is 0 Å². The first kappa shape index (κ1) is 15.4. The fraction of sp³-hybridized carbons (Fsp3) is 0.500. The second-order valence-electron chi connectivity index (χ2n) is 6.36. The highest BCUT2D eigenvalue weighted by molar-refractivity contribution is 5.95. The zero-order valence-corrected chi connectivity index (χ0v) is 12.8. The molecule has 1 aliphatic heterocycles. The largest absolute Gasteiger partial charge is 0.465 e. The molecule has 1 aromatic rings. The van der Waals surface area contributed by atoms with E-state index in [-0.39, 0.29) is 5.91 Å². The molecule has 0 aromatic heterocycles. The van der Waals surface area contributed by atoms with Gasteiger partial charge in [-0.15, -0.1) is 0 Å². The van der Waals surface area contributed by atoms with E-state index in [9.17, 15) is 14.7 Å². The van der Waals surface area contributed by atoms with Crippen molar-refractivity contribution in [3.63, 3.8) is 0 Å². The van der Waals surface area contributed by atoms with Crippen LogP contribution >= 0.6 is 0 Å². The van der Waals surface area contributed by atoms with Crippen molar-refractivity contribution < 1.29 is 14.7 Å². The lowest BCUT2D eigenvalue weighted by Gasteiger charge is -2.33. The summed E-state index contributed by atoms with van der Waals surface area (Å²) in [7, 11) is 0. The molecule has 0 unspecified atom stereocenters. The molecule has 0 radical (unpaired) electrons. The van der Waals surface area contributed by atoms with Gasteiger partial charge in [0.15, 0.2) is 0 Å².